The standard InChI is InChI=1S/C9H9F2N3O2/c10-5-1-2-6(7(11)3-5)9(16)8(15)4-13-14-12/h1-3,8-9,15-16H,4H2. The van der Waals surface area contributed by atoms with Crippen molar-refractivity contribution in [2.75, 3.05) is 6.54 Å². The maximum atomic E-state index is 13.2. The van der Waals surface area contributed by atoms with Crippen LogP contribution in [0, 0.1) is 11.6 Å². The van der Waals surface area contributed by atoms with Crippen molar-refractivity contribution in [3.8, 4) is 0 Å². The normalized spacial score (nSPS) is 14.0. The molecule has 0 aliphatic heterocycles. The molecule has 7 heteroatoms. The van der Waals surface area contributed by atoms with Crippen molar-refractivity contribution in [1.29, 1.82) is 0 Å². The van der Waals surface area contributed by atoms with Gasteiger partial charge in [-0.1, -0.05) is 11.2 Å². The maximum Gasteiger partial charge on any atom is 0.132 e. The maximum absolute atomic E-state index is 13.2. The summed E-state index contributed by atoms with van der Waals surface area (Å²) in [6, 6.07) is 2.58. The smallest absolute Gasteiger partial charge is 0.132 e. The van der Waals surface area contributed by atoms with E-state index in [1.807, 2.05) is 0 Å². The van der Waals surface area contributed by atoms with Gasteiger partial charge in [0.05, 0.1) is 12.6 Å². The van der Waals surface area contributed by atoms with Crippen LogP contribution in [0.3, 0.4) is 0 Å². The molecule has 0 spiro atoms. The molecule has 0 saturated carbocycles. The highest BCUT2D eigenvalue weighted by atomic mass is 19.1. The molecule has 1 rings (SSSR count). The summed E-state index contributed by atoms with van der Waals surface area (Å²) < 4.78 is 25.7. The first kappa shape index (κ1) is 12.4. The van der Waals surface area contributed by atoms with Crippen LogP contribution >= 0.6 is 0 Å². The highest BCUT2D eigenvalue weighted by Crippen LogP contribution is 2.21. The quantitative estimate of drug-likeness (QED) is 0.467. The van der Waals surface area contributed by atoms with Gasteiger partial charge in [0.25, 0.3) is 0 Å². The van der Waals surface area contributed by atoms with Crippen molar-refractivity contribution in [2.24, 2.45) is 5.11 Å². The molecule has 16 heavy (non-hydrogen) atoms. The predicted molar refractivity (Wildman–Crippen MR) is 51.3 cm³/mol. The Morgan fingerprint density at radius 1 is 1.38 bits per heavy atom. The molecule has 1 aromatic carbocycles. The van der Waals surface area contributed by atoms with E-state index in [4.69, 9.17) is 5.53 Å². The van der Waals surface area contributed by atoms with Crippen molar-refractivity contribution in [2.45, 2.75) is 12.2 Å². The zero-order valence-electron chi connectivity index (χ0n) is 8.09. The fourth-order valence-electron chi connectivity index (χ4n) is 1.17. The number of hydrogen-bond acceptors (Lipinski definition) is 3. The van der Waals surface area contributed by atoms with Crippen LogP contribution in [0.15, 0.2) is 23.3 Å². The molecule has 2 N–H and O–H groups in total. The molecule has 0 aliphatic rings. The Morgan fingerprint density at radius 3 is 2.62 bits per heavy atom. The summed E-state index contributed by atoms with van der Waals surface area (Å²) >= 11 is 0. The Balaban J connectivity index is 2.86. The minimum atomic E-state index is -1.56. The van der Waals surface area contributed by atoms with Gasteiger partial charge in [0.2, 0.25) is 0 Å². The lowest BCUT2D eigenvalue weighted by molar-refractivity contribution is 0.0222. The molecule has 0 fully saturated rings. The van der Waals surface area contributed by atoms with E-state index >= 15 is 0 Å². The lowest BCUT2D eigenvalue weighted by Gasteiger charge is -2.16. The van der Waals surface area contributed by atoms with Crippen LogP contribution in [0.2, 0.25) is 0 Å². The number of benzene rings is 1. The van der Waals surface area contributed by atoms with Gasteiger partial charge in [-0.3, -0.25) is 0 Å². The van der Waals surface area contributed by atoms with E-state index in [9.17, 15) is 19.0 Å². The third-order valence-electron chi connectivity index (χ3n) is 1.98. The summed E-state index contributed by atoms with van der Waals surface area (Å²) in [6.45, 7) is -0.394. The van der Waals surface area contributed by atoms with Gasteiger partial charge < -0.3 is 10.2 Å². The number of rotatable bonds is 4. The molecular weight excluding hydrogens is 220 g/mol. The Hall–Kier alpha value is -1.69. The summed E-state index contributed by atoms with van der Waals surface area (Å²) in [6.07, 6.45) is -3.00. The Labute approximate surface area is 89.6 Å². The molecule has 0 bridgehead atoms. The highest BCUT2D eigenvalue weighted by Gasteiger charge is 2.21. The second kappa shape index (κ2) is 5.41. The van der Waals surface area contributed by atoms with Gasteiger partial charge >= 0.3 is 0 Å². The zero-order valence-corrected chi connectivity index (χ0v) is 8.09. The Morgan fingerprint density at radius 2 is 2.06 bits per heavy atom. The van der Waals surface area contributed by atoms with E-state index < -0.39 is 30.4 Å². The summed E-state index contributed by atoms with van der Waals surface area (Å²) in [5, 5.41) is 21.9. The average molecular weight is 229 g/mol. The van der Waals surface area contributed by atoms with Gasteiger partial charge in [-0.25, -0.2) is 8.78 Å². The first-order valence-corrected chi connectivity index (χ1v) is 4.38. The first-order valence-electron chi connectivity index (χ1n) is 4.38. The summed E-state index contributed by atoms with van der Waals surface area (Å²) in [5.74, 6) is -1.74. The molecular formula is C9H9F2N3O2. The van der Waals surface area contributed by atoms with E-state index in [2.05, 4.69) is 10.0 Å². The van der Waals surface area contributed by atoms with Crippen molar-refractivity contribution in [3.05, 3.63) is 45.8 Å². The average Bonchev–Trinajstić information content (AvgIpc) is 2.25. The van der Waals surface area contributed by atoms with Gasteiger partial charge in [0.1, 0.15) is 17.7 Å². The number of halogens is 2. The van der Waals surface area contributed by atoms with Crippen LogP contribution in [0.5, 0.6) is 0 Å². The molecule has 0 heterocycles. The molecule has 2 atom stereocenters. The third-order valence-corrected chi connectivity index (χ3v) is 1.98. The first-order chi connectivity index (χ1) is 7.56. The van der Waals surface area contributed by atoms with E-state index in [1.54, 1.807) is 0 Å². The summed E-state index contributed by atoms with van der Waals surface area (Å²) in [5.41, 5.74) is 7.75. The fourth-order valence-corrected chi connectivity index (χ4v) is 1.17. The molecule has 0 aromatic heterocycles. The van der Waals surface area contributed by atoms with Crippen LogP contribution in [-0.4, -0.2) is 22.9 Å². The summed E-state index contributed by atoms with van der Waals surface area (Å²) in [4.78, 5) is 2.39. The molecule has 0 amide bonds. The van der Waals surface area contributed by atoms with Crippen molar-refractivity contribution < 1.29 is 19.0 Å². The molecule has 0 aliphatic carbocycles. The van der Waals surface area contributed by atoms with Crippen LogP contribution in [-0.2, 0) is 0 Å². The van der Waals surface area contributed by atoms with Gasteiger partial charge in [-0.2, -0.15) is 0 Å². The van der Waals surface area contributed by atoms with Gasteiger partial charge in [0.15, 0.2) is 0 Å². The third kappa shape index (κ3) is 2.90. The molecule has 86 valence electrons. The molecule has 2 unspecified atom stereocenters. The predicted octanol–water partition coefficient (Wildman–Crippen LogP) is 1.67. The number of azide groups is 1. The second-order valence-corrected chi connectivity index (χ2v) is 3.09. The molecule has 0 radical (unpaired) electrons. The second-order valence-electron chi connectivity index (χ2n) is 3.09. The SMILES string of the molecule is [N-]=[N+]=NCC(O)C(O)c1ccc(F)cc1F. The topological polar surface area (TPSA) is 89.2 Å². The van der Waals surface area contributed by atoms with Crippen molar-refractivity contribution >= 4 is 0 Å². The van der Waals surface area contributed by atoms with Crippen LogP contribution in [0.1, 0.15) is 11.7 Å². The molecule has 1 aromatic rings. The largest absolute Gasteiger partial charge is 0.390 e. The minimum Gasteiger partial charge on any atom is -0.390 e. The van der Waals surface area contributed by atoms with Gasteiger partial charge in [-0.05, 0) is 11.6 Å². The number of aliphatic hydroxyl groups excluding tert-OH is 2. The van der Waals surface area contributed by atoms with Crippen LogP contribution in [0.25, 0.3) is 10.4 Å². The van der Waals surface area contributed by atoms with Crippen LogP contribution < -0.4 is 0 Å². The Kier molecular flexibility index (Phi) is 4.19. The van der Waals surface area contributed by atoms with E-state index in [0.717, 1.165) is 12.1 Å². The monoisotopic (exact) mass is 229 g/mol. The minimum absolute atomic E-state index is 0.248. The van der Waals surface area contributed by atoms with Crippen LogP contribution in [0.4, 0.5) is 8.78 Å². The highest BCUT2D eigenvalue weighted by molar-refractivity contribution is 5.21. The van der Waals surface area contributed by atoms with E-state index in [-0.39, 0.29) is 5.56 Å². The lowest BCUT2D eigenvalue weighted by atomic mass is 10.0. The number of hydrogen-bond donors (Lipinski definition) is 2. The van der Waals surface area contributed by atoms with Gasteiger partial charge in [0, 0.05) is 16.5 Å². The molecule has 5 nitrogen and oxygen atoms in total. The number of aliphatic hydroxyl groups is 2. The van der Waals surface area contributed by atoms with Gasteiger partial charge in [-0.15, -0.1) is 0 Å². The van der Waals surface area contributed by atoms with Crippen molar-refractivity contribution in [3.63, 3.8) is 0 Å². The lowest BCUT2D eigenvalue weighted by Crippen LogP contribution is -2.22. The number of nitrogens with zero attached hydrogens (tertiary/aromatic N) is 3. The van der Waals surface area contributed by atoms with Crippen molar-refractivity contribution in [1.82, 2.24) is 0 Å². The fraction of sp³-hybridized carbons (Fsp3) is 0.333. The Bertz CT molecular complexity index is 421. The molecule has 0 saturated heterocycles. The van der Waals surface area contributed by atoms with E-state index in [1.165, 1.54) is 0 Å². The zero-order chi connectivity index (χ0) is 12.1. The van der Waals surface area contributed by atoms with E-state index in [0.29, 0.717) is 6.07 Å². The summed E-state index contributed by atoms with van der Waals surface area (Å²) in [7, 11) is 0.